The normalized spacial score (nSPS) is 12.3. The molecule has 0 N–H and O–H groups in total. The van der Waals surface area contributed by atoms with E-state index in [4.69, 9.17) is 9.47 Å². The summed E-state index contributed by atoms with van der Waals surface area (Å²) >= 11 is 0. The molecule has 0 aliphatic carbocycles. The van der Waals surface area contributed by atoms with Crippen molar-refractivity contribution < 1.29 is 19.1 Å². The number of benzene rings is 1. The first-order chi connectivity index (χ1) is 11.3. The van der Waals surface area contributed by atoms with Gasteiger partial charge in [-0.05, 0) is 56.2 Å². The molecule has 4 heteroatoms. The van der Waals surface area contributed by atoms with Crippen LogP contribution in [-0.4, -0.2) is 24.6 Å². The molecule has 1 aromatic rings. The molecule has 0 aliphatic rings. The summed E-state index contributed by atoms with van der Waals surface area (Å²) in [7, 11) is 0. The van der Waals surface area contributed by atoms with Crippen LogP contribution in [0.3, 0.4) is 0 Å². The molecule has 0 heterocycles. The van der Waals surface area contributed by atoms with Crippen LogP contribution in [0.5, 0.6) is 0 Å². The number of hydrogen-bond acceptors (Lipinski definition) is 4. The third-order valence-corrected chi connectivity index (χ3v) is 3.60. The second kappa shape index (κ2) is 10.1. The van der Waals surface area contributed by atoms with Crippen molar-refractivity contribution in [3.05, 3.63) is 35.4 Å². The maximum Gasteiger partial charge on any atom is 0.338 e. The van der Waals surface area contributed by atoms with Crippen molar-refractivity contribution in [2.75, 3.05) is 6.61 Å². The van der Waals surface area contributed by atoms with E-state index in [0.717, 1.165) is 19.3 Å². The van der Waals surface area contributed by atoms with Gasteiger partial charge in [0.15, 0.2) is 0 Å². The number of esters is 2. The van der Waals surface area contributed by atoms with Gasteiger partial charge in [-0.2, -0.15) is 0 Å². The molecule has 0 spiro atoms. The van der Waals surface area contributed by atoms with Gasteiger partial charge in [-0.25, -0.2) is 9.59 Å². The zero-order chi connectivity index (χ0) is 18.1. The molecular weight excluding hydrogens is 304 g/mol. The van der Waals surface area contributed by atoms with Crippen LogP contribution in [-0.2, 0) is 9.47 Å². The lowest BCUT2D eigenvalue weighted by Crippen LogP contribution is -2.17. The van der Waals surface area contributed by atoms with Gasteiger partial charge in [-0.1, -0.05) is 33.8 Å². The molecule has 0 saturated heterocycles. The highest BCUT2D eigenvalue weighted by Crippen LogP contribution is 2.13. The molecule has 1 unspecified atom stereocenters. The maximum absolute atomic E-state index is 12.2. The van der Waals surface area contributed by atoms with Crippen LogP contribution < -0.4 is 0 Å². The Bertz CT molecular complexity index is 534. The van der Waals surface area contributed by atoms with Crippen LogP contribution >= 0.6 is 0 Å². The predicted octanol–water partition coefficient (Wildman–Crippen LogP) is 4.87. The number of carbonyl (C=O) groups excluding carboxylic acids is 2. The molecule has 1 atom stereocenters. The highest BCUT2D eigenvalue weighted by molar-refractivity contribution is 5.95. The molecule has 24 heavy (non-hydrogen) atoms. The summed E-state index contributed by atoms with van der Waals surface area (Å²) in [6.45, 7) is 10.7. The van der Waals surface area contributed by atoms with E-state index in [1.54, 1.807) is 18.2 Å². The monoisotopic (exact) mass is 334 g/mol. The lowest BCUT2D eigenvalue weighted by Gasteiger charge is -2.15. The lowest BCUT2D eigenvalue weighted by molar-refractivity contribution is 0.0299. The van der Waals surface area contributed by atoms with E-state index in [1.165, 1.54) is 6.07 Å². The van der Waals surface area contributed by atoms with E-state index >= 15 is 0 Å². The first-order valence-electron chi connectivity index (χ1n) is 8.77. The first-order valence-corrected chi connectivity index (χ1v) is 8.77. The summed E-state index contributed by atoms with van der Waals surface area (Å²) < 4.78 is 10.7. The predicted molar refractivity (Wildman–Crippen MR) is 95.1 cm³/mol. The van der Waals surface area contributed by atoms with E-state index in [-0.39, 0.29) is 6.10 Å². The Labute approximate surface area is 145 Å². The van der Waals surface area contributed by atoms with Crippen molar-refractivity contribution >= 4 is 11.9 Å². The van der Waals surface area contributed by atoms with Crippen LogP contribution in [0.4, 0.5) is 0 Å². The summed E-state index contributed by atoms with van der Waals surface area (Å²) in [5.74, 6) is 0.246. The molecule has 134 valence electrons. The topological polar surface area (TPSA) is 52.6 Å². The van der Waals surface area contributed by atoms with E-state index < -0.39 is 11.9 Å². The van der Waals surface area contributed by atoms with Gasteiger partial charge < -0.3 is 9.47 Å². The Balaban J connectivity index is 2.59. The zero-order valence-electron chi connectivity index (χ0n) is 15.5. The summed E-state index contributed by atoms with van der Waals surface area (Å²) in [6.07, 6.45) is 2.53. The molecule has 1 rings (SSSR count). The van der Waals surface area contributed by atoms with Crippen LogP contribution in [0.2, 0.25) is 0 Å². The first kappa shape index (κ1) is 20.2. The van der Waals surface area contributed by atoms with Crippen molar-refractivity contribution in [2.24, 2.45) is 11.8 Å². The summed E-state index contributed by atoms with van der Waals surface area (Å²) in [6, 6.07) is 6.52. The van der Waals surface area contributed by atoms with Gasteiger partial charge >= 0.3 is 11.9 Å². The molecular formula is C20H30O4. The summed E-state index contributed by atoms with van der Waals surface area (Å²) in [5, 5.41) is 0. The molecule has 0 saturated carbocycles. The van der Waals surface area contributed by atoms with E-state index in [9.17, 15) is 9.59 Å². The minimum Gasteiger partial charge on any atom is -0.462 e. The van der Waals surface area contributed by atoms with Gasteiger partial charge in [0.1, 0.15) is 0 Å². The molecule has 1 aromatic carbocycles. The fourth-order valence-electron chi connectivity index (χ4n) is 2.48. The smallest absolute Gasteiger partial charge is 0.338 e. The Kier molecular flexibility index (Phi) is 8.51. The van der Waals surface area contributed by atoms with Crippen molar-refractivity contribution in [1.29, 1.82) is 0 Å². The van der Waals surface area contributed by atoms with E-state index in [2.05, 4.69) is 27.7 Å². The van der Waals surface area contributed by atoms with E-state index in [1.807, 2.05) is 6.92 Å². The molecule has 4 nitrogen and oxygen atoms in total. The second-order valence-corrected chi connectivity index (χ2v) is 7.10. The third kappa shape index (κ3) is 7.62. The Hall–Kier alpha value is -1.84. The molecule has 0 aromatic heterocycles. The summed E-state index contributed by atoms with van der Waals surface area (Å²) in [5.41, 5.74) is 0.757. The zero-order valence-corrected chi connectivity index (χ0v) is 15.5. The lowest BCUT2D eigenvalue weighted by atomic mass is 10.1. The highest BCUT2D eigenvalue weighted by atomic mass is 16.5. The second-order valence-electron chi connectivity index (χ2n) is 7.10. The Morgan fingerprint density at radius 1 is 0.958 bits per heavy atom. The average molecular weight is 334 g/mol. The van der Waals surface area contributed by atoms with Crippen LogP contribution in [0, 0.1) is 11.8 Å². The molecule has 0 aliphatic heterocycles. The number of hydrogen-bond donors (Lipinski definition) is 0. The van der Waals surface area contributed by atoms with Crippen LogP contribution in [0.15, 0.2) is 24.3 Å². The van der Waals surface area contributed by atoms with Crippen molar-refractivity contribution in [2.45, 2.75) is 60.0 Å². The third-order valence-electron chi connectivity index (χ3n) is 3.60. The van der Waals surface area contributed by atoms with Crippen molar-refractivity contribution in [1.82, 2.24) is 0 Å². The molecule has 0 bridgehead atoms. The van der Waals surface area contributed by atoms with Crippen molar-refractivity contribution in [3.8, 4) is 0 Å². The van der Waals surface area contributed by atoms with Crippen LogP contribution in [0.1, 0.15) is 74.6 Å². The number of ether oxygens (including phenoxy) is 2. The number of rotatable bonds is 9. The Morgan fingerprint density at radius 2 is 1.58 bits per heavy atom. The fraction of sp³-hybridized carbons (Fsp3) is 0.600. The van der Waals surface area contributed by atoms with Gasteiger partial charge in [0.05, 0.1) is 23.8 Å². The quantitative estimate of drug-likeness (QED) is 0.477. The average Bonchev–Trinajstić information content (AvgIpc) is 2.50. The van der Waals surface area contributed by atoms with Crippen LogP contribution in [0.25, 0.3) is 0 Å². The highest BCUT2D eigenvalue weighted by Gasteiger charge is 2.15. The van der Waals surface area contributed by atoms with Gasteiger partial charge in [-0.15, -0.1) is 0 Å². The van der Waals surface area contributed by atoms with Crippen molar-refractivity contribution in [3.63, 3.8) is 0 Å². The Morgan fingerprint density at radius 3 is 2.17 bits per heavy atom. The van der Waals surface area contributed by atoms with Gasteiger partial charge in [0, 0.05) is 0 Å². The molecule has 0 amide bonds. The summed E-state index contributed by atoms with van der Waals surface area (Å²) in [4.78, 5) is 24.2. The van der Waals surface area contributed by atoms with Gasteiger partial charge in [0.2, 0.25) is 0 Å². The number of carbonyl (C=O) groups is 2. The fourth-order valence-corrected chi connectivity index (χ4v) is 2.48. The minimum absolute atomic E-state index is 0.149. The molecule has 0 radical (unpaired) electrons. The SMILES string of the molecule is CC(C)CCCOC(=O)c1cccc(C(=O)OC(C)CC(C)C)c1. The largest absolute Gasteiger partial charge is 0.462 e. The minimum atomic E-state index is -0.405. The maximum atomic E-state index is 12.2. The molecule has 0 fully saturated rings. The van der Waals surface area contributed by atoms with Gasteiger partial charge in [0.25, 0.3) is 0 Å². The van der Waals surface area contributed by atoms with Gasteiger partial charge in [-0.3, -0.25) is 0 Å². The standard InChI is InChI=1S/C20H30O4/c1-14(2)8-7-11-23-19(21)17-9-6-10-18(13-17)20(22)24-16(5)12-15(3)4/h6,9-10,13-16H,7-8,11-12H2,1-5H3. The van der Waals surface area contributed by atoms with E-state index in [0.29, 0.717) is 29.6 Å².